The van der Waals surface area contributed by atoms with Crippen molar-refractivity contribution in [3.63, 3.8) is 0 Å². The van der Waals surface area contributed by atoms with E-state index in [4.69, 9.17) is 0 Å². The fourth-order valence-electron chi connectivity index (χ4n) is 0.722. The minimum absolute atomic E-state index is 0.0180. The van der Waals surface area contributed by atoms with Crippen LogP contribution in [0.2, 0.25) is 0 Å². The van der Waals surface area contributed by atoms with Crippen LogP contribution in [0.3, 0.4) is 0 Å². The van der Waals surface area contributed by atoms with Crippen molar-refractivity contribution >= 4 is 0 Å². The van der Waals surface area contributed by atoms with Crippen LogP contribution in [0.25, 0.3) is 0 Å². The molecule has 1 saturated heterocycles. The van der Waals surface area contributed by atoms with Crippen molar-refractivity contribution in [1.82, 2.24) is 0 Å². The Morgan fingerprint density at radius 3 is 2.40 bits per heavy atom. The van der Waals surface area contributed by atoms with Gasteiger partial charge < -0.3 is 9.47 Å². The maximum atomic E-state index is 11.6. The molecule has 0 amide bonds. The highest BCUT2D eigenvalue weighted by atomic mass is 19.4. The van der Waals surface area contributed by atoms with E-state index in [2.05, 4.69) is 9.47 Å². The van der Waals surface area contributed by atoms with Gasteiger partial charge in [-0.15, -0.1) is 0 Å². The highest BCUT2D eigenvalue weighted by molar-refractivity contribution is 4.90. The molecule has 0 aromatic heterocycles. The molecular formula is C5H7F3O2. The summed E-state index contributed by atoms with van der Waals surface area (Å²) in [6.07, 6.45) is -6.58. The molecule has 1 rings (SSSR count). The predicted octanol–water partition coefficient (Wildman–Crippen LogP) is 0.963. The number of methoxy groups -OCH3 is 1. The largest absolute Gasteiger partial charge is 0.417 e. The zero-order valence-corrected chi connectivity index (χ0v) is 5.31. The fraction of sp³-hybridized carbons (Fsp3) is 1.00. The van der Waals surface area contributed by atoms with E-state index in [9.17, 15) is 13.2 Å². The molecule has 10 heavy (non-hydrogen) atoms. The van der Waals surface area contributed by atoms with Gasteiger partial charge >= 0.3 is 6.18 Å². The van der Waals surface area contributed by atoms with Crippen LogP contribution in [0, 0.1) is 0 Å². The lowest BCUT2D eigenvalue weighted by Crippen LogP contribution is -2.20. The minimum atomic E-state index is -4.22. The summed E-state index contributed by atoms with van der Waals surface area (Å²) in [4.78, 5) is 0. The summed E-state index contributed by atoms with van der Waals surface area (Å²) in [5, 5.41) is 0. The first-order valence-corrected chi connectivity index (χ1v) is 2.77. The lowest BCUT2D eigenvalue weighted by Gasteiger charge is -1.99. The molecule has 0 radical (unpaired) electrons. The van der Waals surface area contributed by atoms with E-state index in [1.807, 2.05) is 0 Å². The number of hydrogen-bond acceptors (Lipinski definition) is 2. The number of rotatable bonds is 2. The Balaban J connectivity index is 2.25. The molecular weight excluding hydrogens is 149 g/mol. The zero-order chi connectivity index (χ0) is 7.78. The first-order valence-electron chi connectivity index (χ1n) is 2.77. The summed E-state index contributed by atoms with van der Waals surface area (Å²) in [5.41, 5.74) is 0. The van der Waals surface area contributed by atoms with E-state index in [1.54, 1.807) is 0 Å². The standard InChI is InChI=1S/C5H7F3O2/c1-9-2-3-4(10-3)5(6,7)8/h3-4H,2H2,1H3. The molecule has 1 aliphatic rings. The molecule has 1 fully saturated rings. The summed E-state index contributed by atoms with van der Waals surface area (Å²) in [7, 11) is 1.34. The summed E-state index contributed by atoms with van der Waals surface area (Å²) < 4.78 is 43.6. The van der Waals surface area contributed by atoms with Crippen LogP contribution < -0.4 is 0 Å². The van der Waals surface area contributed by atoms with Crippen molar-refractivity contribution in [2.45, 2.75) is 18.4 Å². The van der Waals surface area contributed by atoms with E-state index in [1.165, 1.54) is 7.11 Å². The normalized spacial score (nSPS) is 32.4. The van der Waals surface area contributed by atoms with Crippen molar-refractivity contribution in [3.05, 3.63) is 0 Å². The van der Waals surface area contributed by atoms with Crippen LogP contribution in [0.4, 0.5) is 13.2 Å². The average Bonchev–Trinajstić information content (AvgIpc) is 2.44. The van der Waals surface area contributed by atoms with Gasteiger partial charge in [-0.2, -0.15) is 13.2 Å². The molecule has 0 aromatic rings. The zero-order valence-electron chi connectivity index (χ0n) is 5.31. The second-order valence-corrected chi connectivity index (χ2v) is 2.09. The molecule has 2 unspecified atom stereocenters. The Morgan fingerprint density at radius 2 is 2.10 bits per heavy atom. The quantitative estimate of drug-likeness (QED) is 0.555. The molecule has 60 valence electrons. The van der Waals surface area contributed by atoms with Crippen LogP contribution in [0.1, 0.15) is 0 Å². The summed E-state index contributed by atoms with van der Waals surface area (Å²) in [5.74, 6) is 0. The van der Waals surface area contributed by atoms with Gasteiger partial charge in [0.25, 0.3) is 0 Å². The van der Waals surface area contributed by atoms with Gasteiger partial charge in [-0.05, 0) is 0 Å². The van der Waals surface area contributed by atoms with Gasteiger partial charge in [0.15, 0.2) is 6.10 Å². The van der Waals surface area contributed by atoms with Crippen LogP contribution in [0.5, 0.6) is 0 Å². The van der Waals surface area contributed by atoms with Crippen molar-refractivity contribution in [2.24, 2.45) is 0 Å². The van der Waals surface area contributed by atoms with E-state index < -0.39 is 18.4 Å². The predicted molar refractivity (Wildman–Crippen MR) is 26.6 cm³/mol. The Hall–Kier alpha value is -0.290. The van der Waals surface area contributed by atoms with Gasteiger partial charge in [-0.1, -0.05) is 0 Å². The molecule has 0 aliphatic carbocycles. The van der Waals surface area contributed by atoms with Crippen LogP contribution in [0.15, 0.2) is 0 Å². The lowest BCUT2D eigenvalue weighted by atomic mass is 10.3. The first kappa shape index (κ1) is 7.81. The first-order chi connectivity index (χ1) is 4.55. The Bertz CT molecular complexity index is 123. The van der Waals surface area contributed by atoms with Gasteiger partial charge in [0, 0.05) is 7.11 Å². The second kappa shape index (κ2) is 2.39. The van der Waals surface area contributed by atoms with Crippen LogP contribution >= 0.6 is 0 Å². The maximum absolute atomic E-state index is 11.6. The Labute approximate surface area is 55.9 Å². The van der Waals surface area contributed by atoms with Crippen molar-refractivity contribution < 1.29 is 22.6 Å². The van der Waals surface area contributed by atoms with E-state index >= 15 is 0 Å². The third-order valence-electron chi connectivity index (χ3n) is 1.24. The van der Waals surface area contributed by atoms with Gasteiger partial charge in [0.1, 0.15) is 6.10 Å². The highest BCUT2D eigenvalue weighted by Gasteiger charge is 2.57. The van der Waals surface area contributed by atoms with Gasteiger partial charge in [0.2, 0.25) is 0 Å². The van der Waals surface area contributed by atoms with Crippen molar-refractivity contribution in [1.29, 1.82) is 0 Å². The fourth-order valence-corrected chi connectivity index (χ4v) is 0.722. The molecule has 1 heterocycles. The molecule has 0 saturated carbocycles. The molecule has 5 heteroatoms. The maximum Gasteiger partial charge on any atom is 0.417 e. The molecule has 2 nitrogen and oxygen atoms in total. The number of alkyl halides is 3. The number of ether oxygens (including phenoxy) is 2. The lowest BCUT2D eigenvalue weighted by molar-refractivity contribution is -0.146. The number of halogens is 3. The van der Waals surface area contributed by atoms with Gasteiger partial charge in [-0.25, -0.2) is 0 Å². The van der Waals surface area contributed by atoms with E-state index in [0.29, 0.717) is 0 Å². The summed E-state index contributed by atoms with van der Waals surface area (Å²) in [6.45, 7) is 0.0180. The minimum Gasteiger partial charge on any atom is -0.382 e. The number of hydrogen-bond donors (Lipinski definition) is 0. The molecule has 2 atom stereocenters. The van der Waals surface area contributed by atoms with Gasteiger partial charge in [0.05, 0.1) is 6.61 Å². The second-order valence-electron chi connectivity index (χ2n) is 2.09. The smallest absolute Gasteiger partial charge is 0.382 e. The average molecular weight is 156 g/mol. The van der Waals surface area contributed by atoms with Crippen molar-refractivity contribution in [3.8, 4) is 0 Å². The third kappa shape index (κ3) is 1.60. The monoisotopic (exact) mass is 156 g/mol. The molecule has 0 aromatic carbocycles. The highest BCUT2D eigenvalue weighted by Crippen LogP contribution is 2.37. The Morgan fingerprint density at radius 1 is 1.50 bits per heavy atom. The van der Waals surface area contributed by atoms with Crippen LogP contribution in [-0.4, -0.2) is 32.1 Å². The summed E-state index contributed by atoms with van der Waals surface area (Å²) >= 11 is 0. The van der Waals surface area contributed by atoms with Crippen LogP contribution in [-0.2, 0) is 9.47 Å². The third-order valence-corrected chi connectivity index (χ3v) is 1.24. The molecule has 1 aliphatic heterocycles. The summed E-state index contributed by atoms with van der Waals surface area (Å²) in [6, 6.07) is 0. The molecule has 0 N–H and O–H groups in total. The molecule has 0 spiro atoms. The van der Waals surface area contributed by atoms with E-state index in [-0.39, 0.29) is 6.61 Å². The molecule has 0 bridgehead atoms. The Kier molecular flexibility index (Phi) is 1.87. The van der Waals surface area contributed by atoms with Crippen molar-refractivity contribution in [2.75, 3.05) is 13.7 Å². The number of epoxide rings is 1. The van der Waals surface area contributed by atoms with E-state index in [0.717, 1.165) is 0 Å². The topological polar surface area (TPSA) is 21.8 Å². The van der Waals surface area contributed by atoms with Gasteiger partial charge in [-0.3, -0.25) is 0 Å². The SMILES string of the molecule is COCC1OC1C(F)(F)F.